The molecule has 0 aromatic heterocycles. The predicted molar refractivity (Wildman–Crippen MR) is 59.0 cm³/mol. The summed E-state index contributed by atoms with van der Waals surface area (Å²) in [5.41, 5.74) is 3.32. The summed E-state index contributed by atoms with van der Waals surface area (Å²) in [4.78, 5) is 14.1. The highest BCUT2D eigenvalue weighted by Crippen LogP contribution is 2.34. The molecular formula is C12H14N2O. The lowest BCUT2D eigenvalue weighted by Gasteiger charge is -2.41. The molecule has 78 valence electrons. The van der Waals surface area contributed by atoms with E-state index in [0.717, 1.165) is 18.5 Å². The molecule has 0 fully saturated rings. The fourth-order valence-corrected chi connectivity index (χ4v) is 2.60. The van der Waals surface area contributed by atoms with Crippen LogP contribution in [0.4, 0.5) is 5.69 Å². The van der Waals surface area contributed by atoms with Crippen LogP contribution in [0.3, 0.4) is 0 Å². The Kier molecular flexibility index (Phi) is 1.75. The Morgan fingerprint density at radius 1 is 1.47 bits per heavy atom. The molecule has 2 aliphatic rings. The van der Waals surface area contributed by atoms with Crippen LogP contribution < -0.4 is 10.2 Å². The fourth-order valence-electron chi connectivity index (χ4n) is 2.60. The van der Waals surface area contributed by atoms with E-state index in [4.69, 9.17) is 0 Å². The zero-order chi connectivity index (χ0) is 10.4. The fraction of sp³-hybridized carbons (Fsp3) is 0.417. The first kappa shape index (κ1) is 8.77. The normalized spacial score (nSPS) is 23.4. The molecule has 0 aliphatic carbocycles. The average molecular weight is 202 g/mol. The van der Waals surface area contributed by atoms with Crippen LogP contribution in [0.2, 0.25) is 0 Å². The summed E-state index contributed by atoms with van der Waals surface area (Å²) < 4.78 is 0. The van der Waals surface area contributed by atoms with Gasteiger partial charge in [-0.25, -0.2) is 0 Å². The molecule has 0 spiro atoms. The second-order valence-corrected chi connectivity index (χ2v) is 4.26. The monoisotopic (exact) mass is 202 g/mol. The summed E-state index contributed by atoms with van der Waals surface area (Å²) in [6, 6.07) is 6.03. The average Bonchev–Trinajstić information content (AvgIpc) is 2.25. The number of aryl methyl sites for hydroxylation is 1. The van der Waals surface area contributed by atoms with Gasteiger partial charge in [0, 0.05) is 6.54 Å². The Bertz CT molecular complexity index is 428. The molecule has 1 amide bonds. The lowest BCUT2D eigenvalue weighted by Crippen LogP contribution is -2.53. The highest BCUT2D eigenvalue weighted by molar-refractivity contribution is 6.02. The van der Waals surface area contributed by atoms with Gasteiger partial charge in [-0.15, -0.1) is 0 Å². The van der Waals surface area contributed by atoms with Crippen molar-refractivity contribution >= 4 is 11.6 Å². The Balaban J connectivity index is 2.23. The van der Waals surface area contributed by atoms with Gasteiger partial charge in [0.1, 0.15) is 0 Å². The number of carbonyl (C=O) groups is 1. The highest BCUT2D eigenvalue weighted by atomic mass is 16.2. The highest BCUT2D eigenvalue weighted by Gasteiger charge is 2.31. The number of amides is 1. The van der Waals surface area contributed by atoms with Gasteiger partial charge >= 0.3 is 0 Å². The number of rotatable bonds is 0. The van der Waals surface area contributed by atoms with Crippen LogP contribution in [0.1, 0.15) is 29.3 Å². The number of nitrogens with zero attached hydrogens (tertiary/aromatic N) is 1. The van der Waals surface area contributed by atoms with Crippen LogP contribution in [0.15, 0.2) is 18.2 Å². The third kappa shape index (κ3) is 1.16. The van der Waals surface area contributed by atoms with E-state index < -0.39 is 0 Å². The molecule has 3 heteroatoms. The zero-order valence-electron chi connectivity index (χ0n) is 8.79. The van der Waals surface area contributed by atoms with E-state index in [2.05, 4.69) is 16.3 Å². The van der Waals surface area contributed by atoms with Crippen molar-refractivity contribution in [3.8, 4) is 0 Å². The summed E-state index contributed by atoms with van der Waals surface area (Å²) >= 11 is 0. The number of anilines is 1. The maximum Gasteiger partial charge on any atom is 0.254 e. The van der Waals surface area contributed by atoms with E-state index in [-0.39, 0.29) is 12.1 Å². The Labute approximate surface area is 89.1 Å². The van der Waals surface area contributed by atoms with Gasteiger partial charge in [0.05, 0.1) is 17.4 Å². The number of carbonyl (C=O) groups excluding carboxylic acids is 1. The number of para-hydroxylation sites is 1. The van der Waals surface area contributed by atoms with Crippen LogP contribution >= 0.6 is 0 Å². The standard InChI is InChI=1S/C12H14N2O/c1-8-13-12(15)10-6-2-4-9-5-3-7-14(8)11(9)10/h2,4,6,8H,3,5,7H2,1H3,(H,13,15)/t8-/m1/s1. The largest absolute Gasteiger partial charge is 0.351 e. The van der Waals surface area contributed by atoms with E-state index in [9.17, 15) is 4.79 Å². The van der Waals surface area contributed by atoms with Crippen LogP contribution in [0.25, 0.3) is 0 Å². The second-order valence-electron chi connectivity index (χ2n) is 4.26. The summed E-state index contributed by atoms with van der Waals surface area (Å²) in [5.74, 6) is 0.0671. The van der Waals surface area contributed by atoms with E-state index in [1.54, 1.807) is 0 Å². The minimum atomic E-state index is 0.0671. The van der Waals surface area contributed by atoms with Crippen molar-refractivity contribution in [1.29, 1.82) is 0 Å². The first-order valence-electron chi connectivity index (χ1n) is 5.47. The van der Waals surface area contributed by atoms with Gasteiger partial charge in [0.2, 0.25) is 0 Å². The smallest absolute Gasteiger partial charge is 0.254 e. The zero-order valence-corrected chi connectivity index (χ0v) is 8.79. The molecular weight excluding hydrogens is 188 g/mol. The Morgan fingerprint density at radius 3 is 3.20 bits per heavy atom. The van der Waals surface area contributed by atoms with Gasteiger partial charge in [-0.1, -0.05) is 12.1 Å². The molecule has 2 aliphatic heterocycles. The summed E-state index contributed by atoms with van der Waals surface area (Å²) in [6.07, 6.45) is 2.41. The molecule has 0 saturated carbocycles. The molecule has 1 aromatic carbocycles. The Morgan fingerprint density at radius 2 is 2.33 bits per heavy atom. The van der Waals surface area contributed by atoms with Gasteiger partial charge in [0.25, 0.3) is 5.91 Å². The quantitative estimate of drug-likeness (QED) is 0.692. The molecule has 0 bridgehead atoms. The first-order valence-corrected chi connectivity index (χ1v) is 5.47. The number of hydrogen-bond donors (Lipinski definition) is 1. The lowest BCUT2D eigenvalue weighted by atomic mass is 9.95. The van der Waals surface area contributed by atoms with Crippen molar-refractivity contribution in [3.05, 3.63) is 29.3 Å². The first-order chi connectivity index (χ1) is 7.27. The van der Waals surface area contributed by atoms with E-state index in [0.29, 0.717) is 0 Å². The molecule has 3 nitrogen and oxygen atoms in total. The second kappa shape index (κ2) is 2.99. The lowest BCUT2D eigenvalue weighted by molar-refractivity contribution is 0.0930. The molecule has 0 unspecified atom stereocenters. The molecule has 3 rings (SSSR count). The van der Waals surface area contributed by atoms with E-state index in [1.165, 1.54) is 17.7 Å². The molecule has 1 N–H and O–H groups in total. The SMILES string of the molecule is C[C@@H]1NC(=O)c2cccc3c2N1CCC3. The van der Waals surface area contributed by atoms with Crippen molar-refractivity contribution in [3.63, 3.8) is 0 Å². The third-order valence-electron chi connectivity index (χ3n) is 3.30. The van der Waals surface area contributed by atoms with Crippen molar-refractivity contribution < 1.29 is 4.79 Å². The van der Waals surface area contributed by atoms with Crippen LogP contribution in [-0.2, 0) is 6.42 Å². The van der Waals surface area contributed by atoms with Gasteiger partial charge in [-0.3, -0.25) is 4.79 Å². The van der Waals surface area contributed by atoms with Crippen molar-refractivity contribution in [2.24, 2.45) is 0 Å². The van der Waals surface area contributed by atoms with Crippen molar-refractivity contribution in [2.75, 3.05) is 11.4 Å². The van der Waals surface area contributed by atoms with Gasteiger partial charge in [-0.2, -0.15) is 0 Å². The van der Waals surface area contributed by atoms with Crippen LogP contribution in [0.5, 0.6) is 0 Å². The van der Waals surface area contributed by atoms with Gasteiger partial charge in [0.15, 0.2) is 0 Å². The van der Waals surface area contributed by atoms with Gasteiger partial charge < -0.3 is 10.2 Å². The topological polar surface area (TPSA) is 32.3 Å². The van der Waals surface area contributed by atoms with Crippen LogP contribution in [-0.4, -0.2) is 18.6 Å². The molecule has 2 heterocycles. The molecule has 1 atom stereocenters. The maximum absolute atomic E-state index is 11.8. The van der Waals surface area contributed by atoms with E-state index >= 15 is 0 Å². The van der Waals surface area contributed by atoms with Crippen molar-refractivity contribution in [2.45, 2.75) is 25.9 Å². The molecule has 0 saturated heterocycles. The summed E-state index contributed by atoms with van der Waals surface area (Å²) in [6.45, 7) is 3.09. The maximum atomic E-state index is 11.8. The predicted octanol–water partition coefficient (Wildman–Crippen LogP) is 1.53. The van der Waals surface area contributed by atoms with Crippen molar-refractivity contribution in [1.82, 2.24) is 5.32 Å². The minimum absolute atomic E-state index is 0.0671. The summed E-state index contributed by atoms with van der Waals surface area (Å²) in [7, 11) is 0. The number of nitrogens with one attached hydrogen (secondary N) is 1. The molecule has 1 aromatic rings. The van der Waals surface area contributed by atoms with Crippen LogP contribution in [0, 0.1) is 0 Å². The Hall–Kier alpha value is -1.51. The number of hydrogen-bond acceptors (Lipinski definition) is 2. The minimum Gasteiger partial charge on any atom is -0.351 e. The van der Waals surface area contributed by atoms with Gasteiger partial charge in [-0.05, 0) is 31.4 Å². The summed E-state index contributed by atoms with van der Waals surface area (Å²) in [5, 5.41) is 2.98. The van der Waals surface area contributed by atoms with E-state index in [1.807, 2.05) is 19.1 Å². The number of benzene rings is 1. The molecule has 0 radical (unpaired) electrons. The molecule has 15 heavy (non-hydrogen) atoms. The third-order valence-corrected chi connectivity index (χ3v) is 3.30.